The summed E-state index contributed by atoms with van der Waals surface area (Å²) in [4.78, 5) is 55.7. The molecule has 3 aliphatic heterocycles. The molecular formula is C32H31FN4O4. The third-order valence-electron chi connectivity index (χ3n) is 8.36. The summed E-state index contributed by atoms with van der Waals surface area (Å²) in [5, 5.41) is 2.18. The first-order chi connectivity index (χ1) is 19.7. The Morgan fingerprint density at radius 1 is 0.805 bits per heavy atom. The minimum Gasteiger partial charge on any atom is -0.366 e. The molecule has 3 aliphatic rings. The van der Waals surface area contributed by atoms with Crippen molar-refractivity contribution < 1.29 is 23.6 Å². The van der Waals surface area contributed by atoms with Crippen LogP contribution in [0.3, 0.4) is 0 Å². The predicted octanol–water partition coefficient (Wildman–Crippen LogP) is 3.92. The Kier molecular flexibility index (Phi) is 6.91. The van der Waals surface area contributed by atoms with Crippen molar-refractivity contribution in [1.82, 2.24) is 15.1 Å². The Balaban J connectivity index is 1.28. The van der Waals surface area contributed by atoms with Gasteiger partial charge in [-0.25, -0.2) is 4.39 Å². The molecule has 0 spiro atoms. The predicted molar refractivity (Wildman–Crippen MR) is 151 cm³/mol. The maximum absolute atomic E-state index is 15.6. The summed E-state index contributed by atoms with van der Waals surface area (Å²) in [7, 11) is 0. The van der Waals surface area contributed by atoms with Gasteiger partial charge in [0, 0.05) is 31.6 Å². The quantitative estimate of drug-likeness (QED) is 0.481. The highest BCUT2D eigenvalue weighted by Crippen LogP contribution is 2.38. The van der Waals surface area contributed by atoms with E-state index in [0.717, 1.165) is 11.0 Å². The molecule has 3 heterocycles. The Hall–Kier alpha value is -4.37. The van der Waals surface area contributed by atoms with Gasteiger partial charge in [0.25, 0.3) is 11.8 Å². The van der Waals surface area contributed by atoms with E-state index in [9.17, 15) is 19.2 Å². The summed E-state index contributed by atoms with van der Waals surface area (Å²) in [6, 6.07) is 22.2. The number of rotatable bonds is 5. The van der Waals surface area contributed by atoms with Gasteiger partial charge in [0.2, 0.25) is 11.8 Å². The van der Waals surface area contributed by atoms with E-state index >= 15 is 4.39 Å². The SMILES string of the molecule is CC1CN(c2cc3c(cc2F)C(=O)N(C2CCC(=O)NC2=O)C3=O)CC(C)N1C(c1ccccc1)c1ccccc1. The Labute approximate surface area is 237 Å². The van der Waals surface area contributed by atoms with E-state index in [1.807, 2.05) is 41.3 Å². The minimum absolute atomic E-state index is 0.00990. The zero-order valence-electron chi connectivity index (χ0n) is 22.9. The van der Waals surface area contributed by atoms with Crippen molar-refractivity contribution in [2.75, 3.05) is 18.0 Å². The van der Waals surface area contributed by atoms with Gasteiger partial charge in [-0.3, -0.25) is 34.3 Å². The lowest BCUT2D eigenvalue weighted by atomic mass is 9.92. The lowest BCUT2D eigenvalue weighted by molar-refractivity contribution is -0.136. The van der Waals surface area contributed by atoms with Gasteiger partial charge < -0.3 is 4.90 Å². The first-order valence-electron chi connectivity index (χ1n) is 13.9. The molecule has 3 unspecified atom stereocenters. The van der Waals surface area contributed by atoms with Crippen LogP contribution in [0.2, 0.25) is 0 Å². The second-order valence-corrected chi connectivity index (χ2v) is 11.1. The number of hydrogen-bond donors (Lipinski definition) is 1. The average molecular weight is 555 g/mol. The molecule has 2 saturated heterocycles. The molecule has 0 aromatic heterocycles. The first kappa shape index (κ1) is 26.8. The number of benzene rings is 3. The Bertz CT molecular complexity index is 1480. The minimum atomic E-state index is -1.09. The smallest absolute Gasteiger partial charge is 0.262 e. The molecule has 3 aromatic rings. The van der Waals surface area contributed by atoms with Crippen LogP contribution >= 0.6 is 0 Å². The molecule has 2 fully saturated rings. The van der Waals surface area contributed by atoms with Crippen LogP contribution in [0, 0.1) is 5.82 Å². The lowest BCUT2D eigenvalue weighted by Gasteiger charge is -2.49. The third kappa shape index (κ3) is 4.70. The molecule has 210 valence electrons. The standard InChI is InChI=1S/C32H31FN4O4/c1-19-17-35(18-20(2)36(19)29(21-9-5-3-6-10-21)22-11-7-4-8-12-22)27-16-24-23(15-25(27)33)31(40)37(32(24)41)26-13-14-28(38)34-30(26)39/h3-12,15-16,19-20,26,29H,13-14,17-18H2,1-2H3,(H,34,38,39). The van der Waals surface area contributed by atoms with Gasteiger partial charge in [0.1, 0.15) is 11.9 Å². The highest BCUT2D eigenvalue weighted by Gasteiger charge is 2.46. The van der Waals surface area contributed by atoms with Crippen molar-refractivity contribution in [3.05, 3.63) is 101 Å². The molecule has 0 saturated carbocycles. The van der Waals surface area contributed by atoms with Gasteiger partial charge in [0.05, 0.1) is 22.9 Å². The number of carbonyl (C=O) groups is 4. The van der Waals surface area contributed by atoms with E-state index in [2.05, 4.69) is 48.3 Å². The van der Waals surface area contributed by atoms with Gasteiger partial charge in [-0.2, -0.15) is 0 Å². The molecule has 41 heavy (non-hydrogen) atoms. The number of piperidine rings is 1. The molecule has 0 bridgehead atoms. The van der Waals surface area contributed by atoms with Crippen molar-refractivity contribution >= 4 is 29.3 Å². The zero-order chi connectivity index (χ0) is 28.8. The number of halogens is 1. The fourth-order valence-corrected chi connectivity index (χ4v) is 6.57. The first-order valence-corrected chi connectivity index (χ1v) is 13.9. The van der Waals surface area contributed by atoms with Gasteiger partial charge >= 0.3 is 0 Å². The van der Waals surface area contributed by atoms with Gasteiger partial charge in [-0.1, -0.05) is 60.7 Å². The highest BCUT2D eigenvalue weighted by molar-refractivity contribution is 6.23. The van der Waals surface area contributed by atoms with E-state index < -0.39 is 35.5 Å². The van der Waals surface area contributed by atoms with E-state index in [0.29, 0.717) is 13.1 Å². The van der Waals surface area contributed by atoms with Crippen LogP contribution in [0.4, 0.5) is 10.1 Å². The van der Waals surface area contributed by atoms with Crippen LogP contribution in [-0.2, 0) is 9.59 Å². The fraction of sp³-hybridized carbons (Fsp3) is 0.312. The number of nitrogens with zero attached hydrogens (tertiary/aromatic N) is 3. The van der Waals surface area contributed by atoms with E-state index in [1.165, 1.54) is 17.2 Å². The summed E-state index contributed by atoms with van der Waals surface area (Å²) in [6.07, 6.45) is 0.0723. The topological polar surface area (TPSA) is 90.0 Å². The Morgan fingerprint density at radius 3 is 1.88 bits per heavy atom. The molecule has 0 aliphatic carbocycles. The summed E-state index contributed by atoms with van der Waals surface area (Å²) >= 11 is 0. The van der Waals surface area contributed by atoms with E-state index in [4.69, 9.17) is 0 Å². The number of hydrogen-bond acceptors (Lipinski definition) is 6. The molecule has 9 heteroatoms. The average Bonchev–Trinajstić information content (AvgIpc) is 3.19. The number of carbonyl (C=O) groups excluding carboxylic acids is 4. The van der Waals surface area contributed by atoms with Crippen LogP contribution in [0.25, 0.3) is 0 Å². The second-order valence-electron chi connectivity index (χ2n) is 11.1. The summed E-state index contributed by atoms with van der Waals surface area (Å²) in [5.74, 6) is -3.09. The van der Waals surface area contributed by atoms with Crippen LogP contribution in [-0.4, -0.2) is 64.6 Å². The van der Waals surface area contributed by atoms with Crippen molar-refractivity contribution in [3.8, 4) is 0 Å². The monoisotopic (exact) mass is 554 g/mol. The van der Waals surface area contributed by atoms with Crippen LogP contribution in [0.1, 0.15) is 64.6 Å². The van der Waals surface area contributed by atoms with Crippen molar-refractivity contribution in [2.45, 2.75) is 50.9 Å². The molecule has 6 rings (SSSR count). The molecule has 8 nitrogen and oxygen atoms in total. The number of anilines is 1. The maximum Gasteiger partial charge on any atom is 0.262 e. The molecule has 4 amide bonds. The van der Waals surface area contributed by atoms with Crippen LogP contribution in [0.5, 0.6) is 0 Å². The van der Waals surface area contributed by atoms with Gasteiger partial charge in [0.15, 0.2) is 0 Å². The van der Waals surface area contributed by atoms with Gasteiger partial charge in [-0.05, 0) is 43.5 Å². The van der Waals surface area contributed by atoms with Crippen molar-refractivity contribution in [2.24, 2.45) is 0 Å². The van der Waals surface area contributed by atoms with E-state index in [1.54, 1.807) is 0 Å². The summed E-state index contributed by atoms with van der Waals surface area (Å²) in [5.41, 5.74) is 2.61. The largest absolute Gasteiger partial charge is 0.366 e. The van der Waals surface area contributed by atoms with Crippen molar-refractivity contribution in [1.29, 1.82) is 0 Å². The fourth-order valence-electron chi connectivity index (χ4n) is 6.57. The van der Waals surface area contributed by atoms with E-state index in [-0.39, 0.29) is 47.8 Å². The maximum atomic E-state index is 15.6. The van der Waals surface area contributed by atoms with Crippen LogP contribution < -0.4 is 10.2 Å². The van der Waals surface area contributed by atoms with Crippen molar-refractivity contribution in [3.63, 3.8) is 0 Å². The summed E-state index contributed by atoms with van der Waals surface area (Å²) < 4.78 is 15.6. The normalized spacial score (nSPS) is 23.3. The third-order valence-corrected chi connectivity index (χ3v) is 8.36. The van der Waals surface area contributed by atoms with Gasteiger partial charge in [-0.15, -0.1) is 0 Å². The molecular weight excluding hydrogens is 523 g/mol. The number of fused-ring (bicyclic) bond motifs is 1. The zero-order valence-corrected chi connectivity index (χ0v) is 22.9. The lowest BCUT2D eigenvalue weighted by Crippen LogP contribution is -2.58. The molecule has 3 atom stereocenters. The highest BCUT2D eigenvalue weighted by atomic mass is 19.1. The number of imide groups is 2. The van der Waals surface area contributed by atoms with Crippen LogP contribution in [0.15, 0.2) is 72.8 Å². The number of piperazine rings is 1. The second kappa shape index (κ2) is 10.6. The molecule has 3 aromatic carbocycles. The molecule has 0 radical (unpaired) electrons. The summed E-state index contributed by atoms with van der Waals surface area (Å²) in [6.45, 7) is 5.25. The number of amides is 4. The Morgan fingerprint density at radius 2 is 1.34 bits per heavy atom. The molecule has 1 N–H and O–H groups in total. The number of nitrogens with one attached hydrogen (secondary N) is 1.